The van der Waals surface area contributed by atoms with E-state index in [-0.39, 0.29) is 24.5 Å². The van der Waals surface area contributed by atoms with Crippen LogP contribution in [0, 0.1) is 11.8 Å². The smallest absolute Gasteiger partial charge is 0.259 e. The predicted octanol–water partition coefficient (Wildman–Crippen LogP) is 2.63. The second-order valence-corrected chi connectivity index (χ2v) is 5.67. The van der Waals surface area contributed by atoms with Gasteiger partial charge in [-0.05, 0) is 41.3 Å². The number of benzene rings is 3. The highest BCUT2D eigenvalue weighted by atomic mass is 16.3. The standard InChI is InChI=1S/C21H17NO4/c23-10-2-3-14-7-9-20(25)18(12-14)21(26)22-19-5-1-4-16-11-15(13-24)6-8-17(16)19/h1,4-9,11-12,23-25H,10,13H2,(H,22,26). The van der Waals surface area contributed by atoms with Gasteiger partial charge in [0.05, 0.1) is 12.2 Å². The predicted molar refractivity (Wildman–Crippen MR) is 99.9 cm³/mol. The second-order valence-electron chi connectivity index (χ2n) is 5.67. The van der Waals surface area contributed by atoms with Crippen LogP contribution < -0.4 is 5.32 Å². The van der Waals surface area contributed by atoms with E-state index in [2.05, 4.69) is 17.2 Å². The number of fused-ring (bicyclic) bond motifs is 1. The monoisotopic (exact) mass is 347 g/mol. The van der Waals surface area contributed by atoms with Crippen molar-refractivity contribution in [3.63, 3.8) is 0 Å². The van der Waals surface area contributed by atoms with Gasteiger partial charge in [-0.3, -0.25) is 4.79 Å². The van der Waals surface area contributed by atoms with Gasteiger partial charge in [0.2, 0.25) is 0 Å². The Morgan fingerprint density at radius 1 is 1.04 bits per heavy atom. The van der Waals surface area contributed by atoms with Crippen LogP contribution in [0.25, 0.3) is 10.8 Å². The number of nitrogens with one attached hydrogen (secondary N) is 1. The lowest BCUT2D eigenvalue weighted by molar-refractivity contribution is 0.102. The fraction of sp³-hybridized carbons (Fsp3) is 0.0952. The number of hydrogen-bond donors (Lipinski definition) is 4. The molecule has 0 bridgehead atoms. The van der Waals surface area contributed by atoms with Crippen LogP contribution in [0.5, 0.6) is 5.75 Å². The van der Waals surface area contributed by atoms with Crippen molar-refractivity contribution in [3.8, 4) is 17.6 Å². The molecule has 1 amide bonds. The molecule has 0 saturated carbocycles. The molecular weight excluding hydrogens is 330 g/mol. The number of rotatable bonds is 3. The van der Waals surface area contributed by atoms with Gasteiger partial charge in [-0.1, -0.05) is 36.1 Å². The van der Waals surface area contributed by atoms with E-state index < -0.39 is 5.91 Å². The highest BCUT2D eigenvalue weighted by Crippen LogP contribution is 2.26. The molecule has 130 valence electrons. The number of amides is 1. The number of phenolic OH excluding ortho intramolecular Hbond substituents is 1. The summed E-state index contributed by atoms with van der Waals surface area (Å²) >= 11 is 0. The molecule has 0 saturated heterocycles. The summed E-state index contributed by atoms with van der Waals surface area (Å²) in [6.07, 6.45) is 0. The van der Waals surface area contributed by atoms with Crippen LogP contribution >= 0.6 is 0 Å². The van der Waals surface area contributed by atoms with E-state index in [4.69, 9.17) is 5.11 Å². The number of aliphatic hydroxyl groups is 2. The van der Waals surface area contributed by atoms with Crippen molar-refractivity contribution in [2.24, 2.45) is 0 Å². The fourth-order valence-corrected chi connectivity index (χ4v) is 2.67. The van der Waals surface area contributed by atoms with Crippen molar-refractivity contribution in [2.45, 2.75) is 6.61 Å². The van der Waals surface area contributed by atoms with Crippen LogP contribution in [-0.4, -0.2) is 27.8 Å². The Kier molecular flexibility index (Phi) is 5.18. The van der Waals surface area contributed by atoms with E-state index in [0.717, 1.165) is 16.3 Å². The van der Waals surface area contributed by atoms with Crippen LogP contribution in [-0.2, 0) is 6.61 Å². The summed E-state index contributed by atoms with van der Waals surface area (Å²) in [7, 11) is 0. The van der Waals surface area contributed by atoms with Crippen molar-refractivity contribution in [3.05, 3.63) is 71.3 Å². The Bertz CT molecular complexity index is 1030. The van der Waals surface area contributed by atoms with Gasteiger partial charge in [0.25, 0.3) is 5.91 Å². The maximum atomic E-state index is 12.6. The average Bonchev–Trinajstić information content (AvgIpc) is 2.67. The zero-order valence-electron chi connectivity index (χ0n) is 13.9. The lowest BCUT2D eigenvalue weighted by Crippen LogP contribution is -2.12. The van der Waals surface area contributed by atoms with Gasteiger partial charge in [-0.2, -0.15) is 0 Å². The summed E-state index contributed by atoms with van der Waals surface area (Å²) in [4.78, 5) is 12.6. The van der Waals surface area contributed by atoms with E-state index in [9.17, 15) is 15.0 Å². The lowest BCUT2D eigenvalue weighted by Gasteiger charge is -2.11. The minimum absolute atomic E-state index is 0.0535. The maximum Gasteiger partial charge on any atom is 0.259 e. The van der Waals surface area contributed by atoms with Crippen molar-refractivity contribution >= 4 is 22.4 Å². The minimum Gasteiger partial charge on any atom is -0.507 e. The molecule has 0 heterocycles. The molecule has 0 aliphatic heterocycles. The third-order valence-electron chi connectivity index (χ3n) is 3.93. The first-order valence-electron chi connectivity index (χ1n) is 7.99. The zero-order chi connectivity index (χ0) is 18.5. The van der Waals surface area contributed by atoms with Gasteiger partial charge in [0.1, 0.15) is 12.4 Å². The van der Waals surface area contributed by atoms with E-state index in [1.165, 1.54) is 12.1 Å². The van der Waals surface area contributed by atoms with Gasteiger partial charge >= 0.3 is 0 Å². The number of carbonyl (C=O) groups excluding carboxylic acids is 1. The third-order valence-corrected chi connectivity index (χ3v) is 3.93. The number of aliphatic hydroxyl groups excluding tert-OH is 2. The Balaban J connectivity index is 1.94. The summed E-state index contributed by atoms with van der Waals surface area (Å²) < 4.78 is 0. The molecule has 0 aromatic heterocycles. The molecule has 0 unspecified atom stereocenters. The van der Waals surface area contributed by atoms with Crippen molar-refractivity contribution in [1.29, 1.82) is 0 Å². The molecule has 0 spiro atoms. The molecule has 0 radical (unpaired) electrons. The van der Waals surface area contributed by atoms with Gasteiger partial charge in [0, 0.05) is 16.6 Å². The molecular formula is C21H17NO4. The van der Waals surface area contributed by atoms with Crippen LogP contribution in [0.3, 0.4) is 0 Å². The van der Waals surface area contributed by atoms with E-state index >= 15 is 0 Å². The van der Waals surface area contributed by atoms with Gasteiger partial charge < -0.3 is 20.6 Å². The zero-order valence-corrected chi connectivity index (χ0v) is 13.9. The molecule has 4 N–H and O–H groups in total. The molecule has 3 aromatic carbocycles. The molecule has 0 aliphatic carbocycles. The average molecular weight is 347 g/mol. The molecule has 3 rings (SSSR count). The van der Waals surface area contributed by atoms with E-state index in [0.29, 0.717) is 11.3 Å². The first kappa shape index (κ1) is 17.5. The maximum absolute atomic E-state index is 12.6. The summed E-state index contributed by atoms with van der Waals surface area (Å²) in [6, 6.07) is 15.4. The topological polar surface area (TPSA) is 89.8 Å². The normalized spacial score (nSPS) is 10.2. The van der Waals surface area contributed by atoms with Crippen molar-refractivity contribution < 1.29 is 20.1 Å². The van der Waals surface area contributed by atoms with Gasteiger partial charge in [-0.15, -0.1) is 0 Å². The molecule has 5 heteroatoms. The number of anilines is 1. The fourth-order valence-electron chi connectivity index (χ4n) is 2.67. The third kappa shape index (κ3) is 3.67. The molecule has 26 heavy (non-hydrogen) atoms. The van der Waals surface area contributed by atoms with Gasteiger partial charge in [-0.25, -0.2) is 0 Å². The largest absolute Gasteiger partial charge is 0.507 e. The van der Waals surface area contributed by atoms with Crippen LogP contribution in [0.15, 0.2) is 54.6 Å². The number of phenols is 1. The second kappa shape index (κ2) is 7.70. The highest BCUT2D eigenvalue weighted by molar-refractivity contribution is 6.10. The summed E-state index contributed by atoms with van der Waals surface area (Å²) in [6.45, 7) is -0.337. The van der Waals surface area contributed by atoms with Crippen LogP contribution in [0.1, 0.15) is 21.5 Å². The van der Waals surface area contributed by atoms with Crippen molar-refractivity contribution in [2.75, 3.05) is 11.9 Å². The Labute approximate surface area is 150 Å². The van der Waals surface area contributed by atoms with Gasteiger partial charge in [0.15, 0.2) is 0 Å². The molecule has 3 aromatic rings. The summed E-state index contributed by atoms with van der Waals surface area (Å²) in [5.74, 6) is 4.60. The quantitative estimate of drug-likeness (QED) is 0.548. The first-order chi connectivity index (χ1) is 12.6. The SMILES string of the molecule is O=C(Nc1cccc2cc(CO)ccc12)c1cc(C#CCO)ccc1O. The lowest BCUT2D eigenvalue weighted by atomic mass is 10.0. The summed E-state index contributed by atoms with van der Waals surface area (Å²) in [5, 5.41) is 32.6. The number of carbonyl (C=O) groups is 1. The summed E-state index contributed by atoms with van der Waals surface area (Å²) in [5.41, 5.74) is 2.00. The molecule has 0 aliphatic rings. The molecule has 5 nitrogen and oxygen atoms in total. The molecule has 0 atom stereocenters. The van der Waals surface area contributed by atoms with Crippen LogP contribution in [0.2, 0.25) is 0 Å². The van der Waals surface area contributed by atoms with E-state index in [1.807, 2.05) is 24.3 Å². The molecule has 0 fully saturated rings. The first-order valence-corrected chi connectivity index (χ1v) is 7.99. The number of hydrogen-bond acceptors (Lipinski definition) is 4. The Morgan fingerprint density at radius 2 is 1.88 bits per heavy atom. The van der Waals surface area contributed by atoms with E-state index in [1.54, 1.807) is 18.2 Å². The van der Waals surface area contributed by atoms with Crippen molar-refractivity contribution in [1.82, 2.24) is 0 Å². The van der Waals surface area contributed by atoms with Crippen LogP contribution in [0.4, 0.5) is 5.69 Å². The highest BCUT2D eigenvalue weighted by Gasteiger charge is 2.13. The Morgan fingerprint density at radius 3 is 2.65 bits per heavy atom. The minimum atomic E-state index is -0.464. The number of aromatic hydroxyl groups is 1. The Hall–Kier alpha value is -3.33.